The molecule has 0 aliphatic carbocycles. The summed E-state index contributed by atoms with van der Waals surface area (Å²) in [6.07, 6.45) is 1.49. The van der Waals surface area contributed by atoms with Gasteiger partial charge in [0.05, 0.1) is 17.3 Å². The highest BCUT2D eigenvalue weighted by molar-refractivity contribution is 9.10. The Bertz CT molecular complexity index is 1070. The van der Waals surface area contributed by atoms with Crippen LogP contribution in [-0.4, -0.2) is 33.3 Å². The molecule has 1 aliphatic heterocycles. The van der Waals surface area contributed by atoms with Gasteiger partial charge in [-0.05, 0) is 66.1 Å². The van der Waals surface area contributed by atoms with Crippen LogP contribution < -0.4 is 10.3 Å². The Balaban J connectivity index is 1.41. The molecule has 0 saturated carbocycles. The SMILES string of the molecule is Cn1c(CN2CCC(C(=O)Oc3ccccc3)CC2)c(Br)c(=O)n1-c1ccccc1. The van der Waals surface area contributed by atoms with Crippen LogP contribution in [0.3, 0.4) is 0 Å². The number of carbonyl (C=O) groups excluding carboxylic acids is 1. The quantitative estimate of drug-likeness (QED) is 0.421. The number of esters is 1. The van der Waals surface area contributed by atoms with Crippen LogP contribution in [0.2, 0.25) is 0 Å². The first kappa shape index (κ1) is 20.6. The van der Waals surface area contributed by atoms with Crippen molar-refractivity contribution in [1.29, 1.82) is 0 Å². The molecule has 0 bridgehead atoms. The van der Waals surface area contributed by atoms with Gasteiger partial charge in [-0.2, -0.15) is 0 Å². The molecule has 1 fully saturated rings. The maximum atomic E-state index is 12.8. The highest BCUT2D eigenvalue weighted by Gasteiger charge is 2.28. The molecule has 0 radical (unpaired) electrons. The van der Waals surface area contributed by atoms with E-state index in [-0.39, 0.29) is 17.4 Å². The van der Waals surface area contributed by atoms with Crippen molar-refractivity contribution in [3.8, 4) is 11.4 Å². The average molecular weight is 470 g/mol. The van der Waals surface area contributed by atoms with Crippen LogP contribution in [0.5, 0.6) is 5.75 Å². The van der Waals surface area contributed by atoms with E-state index in [0.29, 0.717) is 16.8 Å². The van der Waals surface area contributed by atoms with E-state index >= 15 is 0 Å². The van der Waals surface area contributed by atoms with Crippen molar-refractivity contribution in [2.24, 2.45) is 13.0 Å². The predicted molar refractivity (Wildman–Crippen MR) is 119 cm³/mol. The third-order valence-corrected chi connectivity index (χ3v) is 6.38. The molecule has 0 unspecified atom stereocenters. The molecule has 3 aromatic rings. The minimum atomic E-state index is -0.162. The number of hydrogen-bond acceptors (Lipinski definition) is 4. The number of likely N-dealkylation sites (tertiary alicyclic amines) is 1. The molecule has 30 heavy (non-hydrogen) atoms. The largest absolute Gasteiger partial charge is 0.426 e. The number of hydrogen-bond donors (Lipinski definition) is 0. The van der Waals surface area contributed by atoms with E-state index in [1.165, 1.54) is 0 Å². The van der Waals surface area contributed by atoms with Crippen LogP contribution in [0.15, 0.2) is 69.9 Å². The highest BCUT2D eigenvalue weighted by atomic mass is 79.9. The lowest BCUT2D eigenvalue weighted by molar-refractivity contribution is -0.140. The molecule has 6 nitrogen and oxygen atoms in total. The van der Waals surface area contributed by atoms with Crippen molar-refractivity contribution in [2.45, 2.75) is 19.4 Å². The molecule has 4 rings (SSSR count). The molecule has 7 heteroatoms. The van der Waals surface area contributed by atoms with Gasteiger partial charge in [0, 0.05) is 13.6 Å². The second kappa shape index (κ2) is 9.02. The molecule has 2 heterocycles. The van der Waals surface area contributed by atoms with Crippen LogP contribution in [0.4, 0.5) is 0 Å². The molecule has 0 atom stereocenters. The number of nitrogens with zero attached hydrogens (tertiary/aromatic N) is 3. The summed E-state index contributed by atoms with van der Waals surface area (Å²) in [5.41, 5.74) is 1.69. The van der Waals surface area contributed by atoms with E-state index < -0.39 is 0 Å². The van der Waals surface area contributed by atoms with Crippen molar-refractivity contribution in [3.63, 3.8) is 0 Å². The van der Waals surface area contributed by atoms with Crippen LogP contribution in [0, 0.1) is 5.92 Å². The molecule has 1 saturated heterocycles. The van der Waals surface area contributed by atoms with Crippen LogP contribution in [0.25, 0.3) is 5.69 Å². The molecule has 2 aromatic carbocycles. The molecule has 0 amide bonds. The Morgan fingerprint density at radius 2 is 1.63 bits per heavy atom. The topological polar surface area (TPSA) is 56.5 Å². The summed E-state index contributed by atoms with van der Waals surface area (Å²) < 4.78 is 9.65. The summed E-state index contributed by atoms with van der Waals surface area (Å²) in [5, 5.41) is 0. The first-order chi connectivity index (χ1) is 14.5. The fourth-order valence-electron chi connectivity index (χ4n) is 3.87. The fraction of sp³-hybridized carbons (Fsp3) is 0.304. The van der Waals surface area contributed by atoms with Gasteiger partial charge in [-0.25, -0.2) is 4.68 Å². The first-order valence-corrected chi connectivity index (χ1v) is 10.8. The van der Waals surface area contributed by atoms with Gasteiger partial charge < -0.3 is 4.74 Å². The predicted octanol–water partition coefficient (Wildman–Crippen LogP) is 3.76. The lowest BCUT2D eigenvalue weighted by atomic mass is 9.97. The Morgan fingerprint density at radius 3 is 2.27 bits per heavy atom. The number of carbonyl (C=O) groups is 1. The Hall–Kier alpha value is -2.64. The average Bonchev–Trinajstić information content (AvgIpc) is 2.98. The van der Waals surface area contributed by atoms with Gasteiger partial charge >= 0.3 is 5.97 Å². The second-order valence-corrected chi connectivity index (χ2v) is 8.31. The summed E-state index contributed by atoms with van der Waals surface area (Å²) in [5.74, 6) is 0.332. The van der Waals surface area contributed by atoms with E-state index in [0.717, 1.165) is 37.3 Å². The number of benzene rings is 2. The molecular weight excluding hydrogens is 446 g/mol. The van der Waals surface area contributed by atoms with E-state index in [9.17, 15) is 9.59 Å². The van der Waals surface area contributed by atoms with Crippen molar-refractivity contribution >= 4 is 21.9 Å². The smallest absolute Gasteiger partial charge is 0.314 e. The maximum absolute atomic E-state index is 12.8. The summed E-state index contributed by atoms with van der Waals surface area (Å²) in [4.78, 5) is 27.5. The summed E-state index contributed by atoms with van der Waals surface area (Å²) in [7, 11) is 1.90. The van der Waals surface area contributed by atoms with Gasteiger partial charge in [-0.3, -0.25) is 19.2 Å². The Labute approximate surface area is 183 Å². The molecular formula is C23H24BrN3O3. The third kappa shape index (κ3) is 4.27. The first-order valence-electron chi connectivity index (χ1n) is 10.1. The van der Waals surface area contributed by atoms with Gasteiger partial charge in [0.15, 0.2) is 0 Å². The molecule has 1 aromatic heterocycles. The van der Waals surface area contributed by atoms with E-state index in [4.69, 9.17) is 4.74 Å². The van der Waals surface area contributed by atoms with Gasteiger partial charge in [0.2, 0.25) is 0 Å². The van der Waals surface area contributed by atoms with Gasteiger partial charge in [0.25, 0.3) is 5.56 Å². The van der Waals surface area contributed by atoms with E-state index in [2.05, 4.69) is 20.8 Å². The van der Waals surface area contributed by atoms with Crippen molar-refractivity contribution in [3.05, 3.63) is 81.2 Å². The van der Waals surface area contributed by atoms with Crippen LogP contribution in [0.1, 0.15) is 18.5 Å². The van der Waals surface area contributed by atoms with Crippen LogP contribution >= 0.6 is 15.9 Å². The third-order valence-electron chi connectivity index (χ3n) is 5.58. The molecule has 0 spiro atoms. The van der Waals surface area contributed by atoms with Gasteiger partial charge in [-0.15, -0.1) is 0 Å². The number of piperidine rings is 1. The van der Waals surface area contributed by atoms with Gasteiger partial charge in [-0.1, -0.05) is 36.4 Å². The minimum Gasteiger partial charge on any atom is -0.426 e. The maximum Gasteiger partial charge on any atom is 0.314 e. The molecule has 1 aliphatic rings. The summed E-state index contributed by atoms with van der Waals surface area (Å²) in [6.45, 7) is 2.21. The highest BCUT2D eigenvalue weighted by Crippen LogP contribution is 2.24. The standard InChI is InChI=1S/C23H24BrN3O3/c1-25-20(21(24)22(28)27(25)18-8-4-2-5-9-18)16-26-14-12-17(13-15-26)23(29)30-19-10-6-3-7-11-19/h2-11,17H,12-16H2,1H3. The lowest BCUT2D eigenvalue weighted by Crippen LogP contribution is -2.37. The molecule has 0 N–H and O–H groups in total. The summed E-state index contributed by atoms with van der Waals surface area (Å²) >= 11 is 3.49. The monoisotopic (exact) mass is 469 g/mol. The number of para-hydroxylation sites is 2. The van der Waals surface area contributed by atoms with Crippen molar-refractivity contribution in [1.82, 2.24) is 14.3 Å². The van der Waals surface area contributed by atoms with Crippen molar-refractivity contribution in [2.75, 3.05) is 13.1 Å². The number of aromatic nitrogens is 2. The van der Waals surface area contributed by atoms with Crippen molar-refractivity contribution < 1.29 is 9.53 Å². The normalized spacial score (nSPS) is 15.3. The number of rotatable bonds is 5. The number of halogens is 1. The minimum absolute atomic E-state index is 0.0694. The van der Waals surface area contributed by atoms with E-state index in [1.54, 1.807) is 16.8 Å². The zero-order valence-electron chi connectivity index (χ0n) is 16.8. The fourth-order valence-corrected chi connectivity index (χ4v) is 4.42. The molecule has 156 valence electrons. The van der Waals surface area contributed by atoms with Crippen LogP contribution in [-0.2, 0) is 18.4 Å². The Kier molecular flexibility index (Phi) is 6.20. The Morgan fingerprint density at radius 1 is 1.03 bits per heavy atom. The summed E-state index contributed by atoms with van der Waals surface area (Å²) in [6, 6.07) is 18.8. The lowest BCUT2D eigenvalue weighted by Gasteiger charge is -2.30. The second-order valence-electron chi connectivity index (χ2n) is 7.52. The number of ether oxygens (including phenoxy) is 1. The van der Waals surface area contributed by atoms with E-state index in [1.807, 2.05) is 60.3 Å². The zero-order valence-corrected chi connectivity index (χ0v) is 18.4. The van der Waals surface area contributed by atoms with Gasteiger partial charge in [0.1, 0.15) is 10.2 Å². The zero-order chi connectivity index (χ0) is 21.1.